The molecular formula is C21H20N2O2. The van der Waals surface area contributed by atoms with E-state index >= 15 is 0 Å². The molecule has 1 aromatic heterocycles. The van der Waals surface area contributed by atoms with Crippen LogP contribution in [0.1, 0.15) is 23.5 Å². The molecule has 2 aromatic carbocycles. The Kier molecular flexibility index (Phi) is 4.25. The Hall–Kier alpha value is -3.01. The van der Waals surface area contributed by atoms with Crippen LogP contribution in [0.5, 0.6) is 11.5 Å². The molecule has 0 unspecified atom stereocenters. The first-order chi connectivity index (χ1) is 12.3. The molecule has 0 saturated heterocycles. The minimum atomic E-state index is -0.326. The smallest absolute Gasteiger partial charge is 0.232 e. The van der Waals surface area contributed by atoms with E-state index in [1.54, 1.807) is 0 Å². The largest absolute Gasteiger partial charge is 0.457 e. The van der Waals surface area contributed by atoms with Crippen molar-refractivity contribution in [3.8, 4) is 11.5 Å². The lowest BCUT2D eigenvalue weighted by molar-refractivity contribution is -0.121. The summed E-state index contributed by atoms with van der Waals surface area (Å²) in [6.07, 6.45) is 4.96. The minimum Gasteiger partial charge on any atom is -0.457 e. The van der Waals surface area contributed by atoms with Gasteiger partial charge in [0.15, 0.2) is 0 Å². The van der Waals surface area contributed by atoms with E-state index in [1.807, 2.05) is 73.1 Å². The summed E-state index contributed by atoms with van der Waals surface area (Å²) in [5.74, 6) is 1.21. The zero-order valence-electron chi connectivity index (χ0n) is 13.9. The monoisotopic (exact) mass is 332 g/mol. The Labute approximate surface area is 147 Å². The van der Waals surface area contributed by atoms with Crippen molar-refractivity contribution >= 4 is 5.91 Å². The molecule has 4 rings (SSSR count). The average molecular weight is 332 g/mol. The number of hydrogen-bond donors (Lipinski definition) is 1. The van der Waals surface area contributed by atoms with Crippen molar-refractivity contribution in [2.45, 2.75) is 18.9 Å². The van der Waals surface area contributed by atoms with E-state index in [4.69, 9.17) is 4.74 Å². The molecule has 2 heterocycles. The number of nitrogens with one attached hydrogen (secondary N) is 1. The molecule has 0 fully saturated rings. The standard InChI is InChI=1S/C21H20N2O2/c24-21(22-12-7-15-23-13-5-6-14-23)20-16-8-1-3-10-18(16)25-19-11-4-2-9-17(19)20/h1-6,8-11,13-14,20H,7,12,15H2,(H,22,24). The first-order valence-electron chi connectivity index (χ1n) is 8.57. The highest BCUT2D eigenvalue weighted by molar-refractivity contribution is 5.89. The van der Waals surface area contributed by atoms with Gasteiger partial charge in [-0.15, -0.1) is 0 Å². The van der Waals surface area contributed by atoms with Crippen LogP contribution in [0.15, 0.2) is 73.1 Å². The summed E-state index contributed by atoms with van der Waals surface area (Å²) in [5.41, 5.74) is 1.84. The highest BCUT2D eigenvalue weighted by Gasteiger charge is 2.31. The van der Waals surface area contributed by atoms with E-state index in [0.29, 0.717) is 6.54 Å². The van der Waals surface area contributed by atoms with Crippen LogP contribution in [0, 0.1) is 0 Å². The summed E-state index contributed by atoms with van der Waals surface area (Å²) in [6, 6.07) is 19.5. The number of fused-ring (bicyclic) bond motifs is 2. The van der Waals surface area contributed by atoms with Gasteiger partial charge in [-0.05, 0) is 30.7 Å². The quantitative estimate of drug-likeness (QED) is 0.719. The molecule has 1 aliphatic rings. The summed E-state index contributed by atoms with van der Waals surface area (Å²) in [5, 5.41) is 3.09. The van der Waals surface area contributed by atoms with Gasteiger partial charge in [0.25, 0.3) is 0 Å². The van der Waals surface area contributed by atoms with Crippen molar-refractivity contribution in [3.63, 3.8) is 0 Å². The molecule has 0 spiro atoms. The second-order valence-corrected chi connectivity index (χ2v) is 6.18. The van der Waals surface area contributed by atoms with Gasteiger partial charge in [-0.3, -0.25) is 4.79 Å². The number of aromatic nitrogens is 1. The molecule has 4 heteroatoms. The fraction of sp³-hybridized carbons (Fsp3) is 0.190. The molecule has 3 aromatic rings. The summed E-state index contributed by atoms with van der Waals surface area (Å²) in [6.45, 7) is 1.55. The van der Waals surface area contributed by atoms with E-state index in [1.165, 1.54) is 0 Å². The predicted molar refractivity (Wildman–Crippen MR) is 96.9 cm³/mol. The molecule has 0 radical (unpaired) electrons. The zero-order chi connectivity index (χ0) is 17.1. The number of rotatable bonds is 5. The SMILES string of the molecule is O=C(NCCCn1cccc1)C1c2ccccc2Oc2ccccc21. The minimum absolute atomic E-state index is 0.0238. The van der Waals surface area contributed by atoms with Crippen LogP contribution in [-0.4, -0.2) is 17.0 Å². The van der Waals surface area contributed by atoms with Gasteiger partial charge in [-0.25, -0.2) is 0 Å². The van der Waals surface area contributed by atoms with Gasteiger partial charge in [0, 0.05) is 36.6 Å². The number of nitrogens with zero attached hydrogens (tertiary/aromatic N) is 1. The molecule has 4 nitrogen and oxygen atoms in total. The average Bonchev–Trinajstić information content (AvgIpc) is 3.16. The number of amides is 1. The molecule has 1 amide bonds. The Morgan fingerprint density at radius 1 is 0.920 bits per heavy atom. The van der Waals surface area contributed by atoms with Gasteiger partial charge in [0.1, 0.15) is 11.5 Å². The van der Waals surface area contributed by atoms with Crippen LogP contribution in [0.25, 0.3) is 0 Å². The highest BCUT2D eigenvalue weighted by Crippen LogP contribution is 2.43. The molecule has 1 aliphatic heterocycles. The number of carbonyl (C=O) groups excluding carboxylic acids is 1. The molecule has 0 aliphatic carbocycles. The Bertz CT molecular complexity index is 826. The molecule has 0 atom stereocenters. The van der Waals surface area contributed by atoms with Crippen molar-refractivity contribution in [3.05, 3.63) is 84.2 Å². The number of carbonyl (C=O) groups is 1. The third-order valence-corrected chi connectivity index (χ3v) is 4.50. The van der Waals surface area contributed by atoms with Gasteiger partial charge < -0.3 is 14.6 Å². The van der Waals surface area contributed by atoms with Crippen molar-refractivity contribution in [1.82, 2.24) is 9.88 Å². The van der Waals surface area contributed by atoms with Crippen molar-refractivity contribution < 1.29 is 9.53 Å². The van der Waals surface area contributed by atoms with E-state index in [2.05, 4.69) is 9.88 Å². The van der Waals surface area contributed by atoms with Crippen molar-refractivity contribution in [1.29, 1.82) is 0 Å². The first kappa shape index (κ1) is 15.5. The van der Waals surface area contributed by atoms with E-state index in [9.17, 15) is 4.79 Å². The van der Waals surface area contributed by atoms with Gasteiger partial charge in [0.2, 0.25) is 5.91 Å². The predicted octanol–water partition coefficient (Wildman–Crippen LogP) is 3.93. The highest BCUT2D eigenvalue weighted by atomic mass is 16.5. The van der Waals surface area contributed by atoms with Gasteiger partial charge in [0.05, 0.1) is 5.92 Å². The van der Waals surface area contributed by atoms with Crippen molar-refractivity contribution in [2.24, 2.45) is 0 Å². The number of para-hydroxylation sites is 2. The van der Waals surface area contributed by atoms with Crippen LogP contribution in [0.3, 0.4) is 0 Å². The van der Waals surface area contributed by atoms with Crippen LogP contribution in [-0.2, 0) is 11.3 Å². The summed E-state index contributed by atoms with van der Waals surface area (Å²) in [7, 11) is 0. The Morgan fingerprint density at radius 3 is 2.16 bits per heavy atom. The maximum absolute atomic E-state index is 12.9. The molecule has 1 N–H and O–H groups in total. The second-order valence-electron chi connectivity index (χ2n) is 6.18. The fourth-order valence-electron chi connectivity index (χ4n) is 3.29. The Morgan fingerprint density at radius 2 is 1.52 bits per heavy atom. The maximum Gasteiger partial charge on any atom is 0.232 e. The van der Waals surface area contributed by atoms with Gasteiger partial charge in [-0.1, -0.05) is 36.4 Å². The molecule has 0 saturated carbocycles. The third kappa shape index (κ3) is 3.15. The van der Waals surface area contributed by atoms with Crippen LogP contribution in [0.2, 0.25) is 0 Å². The topological polar surface area (TPSA) is 43.3 Å². The van der Waals surface area contributed by atoms with Gasteiger partial charge >= 0.3 is 0 Å². The summed E-state index contributed by atoms with van der Waals surface area (Å²) < 4.78 is 8.07. The van der Waals surface area contributed by atoms with Crippen molar-refractivity contribution in [2.75, 3.05) is 6.54 Å². The van der Waals surface area contributed by atoms with Crippen LogP contribution < -0.4 is 10.1 Å². The van der Waals surface area contributed by atoms with E-state index < -0.39 is 0 Å². The third-order valence-electron chi connectivity index (χ3n) is 4.50. The number of aryl methyl sites for hydroxylation is 1. The fourth-order valence-corrected chi connectivity index (χ4v) is 3.29. The lowest BCUT2D eigenvalue weighted by Crippen LogP contribution is -2.32. The maximum atomic E-state index is 12.9. The summed E-state index contributed by atoms with van der Waals surface area (Å²) in [4.78, 5) is 12.9. The Balaban J connectivity index is 1.50. The van der Waals surface area contributed by atoms with Crippen LogP contribution in [0.4, 0.5) is 0 Å². The van der Waals surface area contributed by atoms with E-state index in [-0.39, 0.29) is 11.8 Å². The second kappa shape index (κ2) is 6.85. The normalized spacial score (nSPS) is 12.8. The molecule has 25 heavy (non-hydrogen) atoms. The lowest BCUT2D eigenvalue weighted by atomic mass is 9.87. The van der Waals surface area contributed by atoms with E-state index in [0.717, 1.165) is 35.6 Å². The number of benzene rings is 2. The summed E-state index contributed by atoms with van der Waals surface area (Å²) >= 11 is 0. The first-order valence-corrected chi connectivity index (χ1v) is 8.57. The number of ether oxygens (including phenoxy) is 1. The lowest BCUT2D eigenvalue weighted by Gasteiger charge is -2.27. The number of hydrogen-bond acceptors (Lipinski definition) is 2. The van der Waals surface area contributed by atoms with Crippen LogP contribution >= 0.6 is 0 Å². The molecule has 0 bridgehead atoms. The zero-order valence-corrected chi connectivity index (χ0v) is 13.9. The van der Waals surface area contributed by atoms with Gasteiger partial charge in [-0.2, -0.15) is 0 Å². The molecule has 126 valence electrons. The molecular weight excluding hydrogens is 312 g/mol.